The Morgan fingerprint density at radius 3 is 2.60 bits per heavy atom. The van der Waals surface area contributed by atoms with Gasteiger partial charge in [-0.1, -0.05) is 22.9 Å². The van der Waals surface area contributed by atoms with Gasteiger partial charge in [0.25, 0.3) is 0 Å². The molecule has 1 saturated heterocycles. The summed E-state index contributed by atoms with van der Waals surface area (Å²) in [6.45, 7) is 3.80. The number of ether oxygens (including phenoxy) is 2. The van der Waals surface area contributed by atoms with Crippen LogP contribution in [0.2, 0.25) is 0 Å². The van der Waals surface area contributed by atoms with Crippen LogP contribution in [0.4, 0.5) is 0 Å². The molecule has 1 heterocycles. The van der Waals surface area contributed by atoms with Crippen molar-refractivity contribution in [1.82, 2.24) is 0 Å². The maximum absolute atomic E-state index is 5.34. The molecular weight excluding hydrogens is 196 g/mol. The number of hydrogen-bond acceptors (Lipinski definition) is 2. The van der Waals surface area contributed by atoms with Gasteiger partial charge in [0.05, 0.1) is 13.2 Å². The van der Waals surface area contributed by atoms with E-state index >= 15 is 0 Å². The molecule has 10 heavy (non-hydrogen) atoms. The monoisotopic (exact) mass is 208 g/mol. The number of hydrogen-bond donors (Lipinski definition) is 0. The van der Waals surface area contributed by atoms with E-state index in [0.29, 0.717) is 4.83 Å². The van der Waals surface area contributed by atoms with Crippen LogP contribution in [-0.4, -0.2) is 24.3 Å². The number of halogens is 1. The minimum atomic E-state index is 0.0307. The summed E-state index contributed by atoms with van der Waals surface area (Å²) in [7, 11) is 0. The molecule has 0 bridgehead atoms. The molecule has 0 radical (unpaired) electrons. The van der Waals surface area contributed by atoms with Crippen LogP contribution in [0.3, 0.4) is 0 Å². The molecule has 0 saturated carbocycles. The summed E-state index contributed by atoms with van der Waals surface area (Å²) in [5.74, 6) is 0. The van der Waals surface area contributed by atoms with E-state index in [9.17, 15) is 0 Å². The average Bonchev–Trinajstić information content (AvgIpc) is 1.88. The van der Waals surface area contributed by atoms with Gasteiger partial charge in [0, 0.05) is 11.2 Å². The number of alkyl halides is 1. The van der Waals surface area contributed by atoms with Crippen molar-refractivity contribution in [3.63, 3.8) is 0 Å². The Morgan fingerprint density at radius 2 is 2.10 bits per heavy atom. The highest BCUT2D eigenvalue weighted by molar-refractivity contribution is 9.09. The fraction of sp³-hybridized carbons (Fsp3) is 1.00. The summed E-state index contributed by atoms with van der Waals surface area (Å²) < 4.78 is 10.7. The van der Waals surface area contributed by atoms with Crippen LogP contribution < -0.4 is 0 Å². The second-order valence-electron chi connectivity index (χ2n) is 2.54. The summed E-state index contributed by atoms with van der Waals surface area (Å²) in [5.41, 5.74) is 0. The Kier molecular flexibility index (Phi) is 3.66. The Morgan fingerprint density at radius 1 is 1.50 bits per heavy atom. The van der Waals surface area contributed by atoms with Crippen LogP contribution in [0.15, 0.2) is 0 Å². The third-order valence-corrected chi connectivity index (χ3v) is 1.79. The first kappa shape index (κ1) is 8.50. The lowest BCUT2D eigenvalue weighted by atomic mass is 10.3. The Bertz CT molecular complexity index is 89.6. The third kappa shape index (κ3) is 2.99. The second-order valence-corrected chi connectivity index (χ2v) is 4.10. The molecule has 0 N–H and O–H groups in total. The van der Waals surface area contributed by atoms with Crippen LogP contribution in [0.25, 0.3) is 0 Å². The molecule has 1 aliphatic rings. The molecule has 0 amide bonds. The first-order valence-corrected chi connectivity index (χ1v) is 4.58. The molecule has 1 aliphatic heterocycles. The van der Waals surface area contributed by atoms with Gasteiger partial charge < -0.3 is 9.47 Å². The van der Waals surface area contributed by atoms with Crippen molar-refractivity contribution in [1.29, 1.82) is 0 Å². The zero-order valence-corrected chi connectivity index (χ0v) is 7.76. The Balaban J connectivity index is 2.13. The van der Waals surface area contributed by atoms with Gasteiger partial charge in [-0.05, 0) is 6.42 Å². The quantitative estimate of drug-likeness (QED) is 0.647. The zero-order chi connectivity index (χ0) is 7.40. The largest absolute Gasteiger partial charge is 0.353 e. The fourth-order valence-electron chi connectivity index (χ4n) is 0.938. The summed E-state index contributed by atoms with van der Waals surface area (Å²) >= 11 is 3.45. The number of rotatable bonds is 2. The molecule has 1 unspecified atom stereocenters. The lowest BCUT2D eigenvalue weighted by molar-refractivity contribution is -0.180. The lowest BCUT2D eigenvalue weighted by Crippen LogP contribution is -2.26. The predicted octanol–water partition coefficient (Wildman–Crippen LogP) is 1.92. The lowest BCUT2D eigenvalue weighted by Gasteiger charge is -2.23. The molecule has 0 aromatic carbocycles. The van der Waals surface area contributed by atoms with Crippen LogP contribution >= 0.6 is 15.9 Å². The average molecular weight is 209 g/mol. The molecule has 0 aromatic rings. The standard InChI is InChI=1S/C7H13BrO2/c1-6(8)5-7-9-3-2-4-10-7/h6-7H,2-5H2,1H3. The van der Waals surface area contributed by atoms with Crippen molar-refractivity contribution in [3.8, 4) is 0 Å². The predicted molar refractivity (Wildman–Crippen MR) is 43.3 cm³/mol. The molecule has 1 atom stereocenters. The zero-order valence-electron chi connectivity index (χ0n) is 6.18. The summed E-state index contributed by atoms with van der Waals surface area (Å²) in [6, 6.07) is 0. The van der Waals surface area contributed by atoms with Crippen molar-refractivity contribution in [2.24, 2.45) is 0 Å². The van der Waals surface area contributed by atoms with Gasteiger partial charge in [-0.3, -0.25) is 0 Å². The van der Waals surface area contributed by atoms with E-state index in [1.54, 1.807) is 0 Å². The molecular formula is C7H13BrO2. The van der Waals surface area contributed by atoms with E-state index in [0.717, 1.165) is 26.1 Å². The molecule has 60 valence electrons. The van der Waals surface area contributed by atoms with E-state index in [-0.39, 0.29) is 6.29 Å². The van der Waals surface area contributed by atoms with Crippen molar-refractivity contribution < 1.29 is 9.47 Å². The molecule has 0 aliphatic carbocycles. The van der Waals surface area contributed by atoms with E-state index in [2.05, 4.69) is 22.9 Å². The van der Waals surface area contributed by atoms with Crippen LogP contribution in [-0.2, 0) is 9.47 Å². The smallest absolute Gasteiger partial charge is 0.158 e. The Labute approximate surface area is 70.0 Å². The van der Waals surface area contributed by atoms with Gasteiger partial charge in [0.1, 0.15) is 0 Å². The maximum Gasteiger partial charge on any atom is 0.158 e. The first-order valence-electron chi connectivity index (χ1n) is 3.66. The normalized spacial score (nSPS) is 24.6. The molecule has 3 heteroatoms. The summed E-state index contributed by atoms with van der Waals surface area (Å²) in [4.78, 5) is 0.482. The van der Waals surface area contributed by atoms with Crippen LogP contribution in [0.5, 0.6) is 0 Å². The van der Waals surface area contributed by atoms with Gasteiger partial charge in [-0.25, -0.2) is 0 Å². The van der Waals surface area contributed by atoms with Crippen LogP contribution in [0, 0.1) is 0 Å². The Hall–Kier alpha value is 0.400. The molecule has 1 rings (SSSR count). The highest BCUT2D eigenvalue weighted by Gasteiger charge is 2.15. The van der Waals surface area contributed by atoms with Gasteiger partial charge in [0.15, 0.2) is 6.29 Å². The van der Waals surface area contributed by atoms with Crippen LogP contribution in [0.1, 0.15) is 19.8 Å². The van der Waals surface area contributed by atoms with Gasteiger partial charge in [-0.15, -0.1) is 0 Å². The van der Waals surface area contributed by atoms with Crippen molar-refractivity contribution in [2.75, 3.05) is 13.2 Å². The van der Waals surface area contributed by atoms with E-state index in [4.69, 9.17) is 9.47 Å². The van der Waals surface area contributed by atoms with E-state index in [1.165, 1.54) is 0 Å². The topological polar surface area (TPSA) is 18.5 Å². The van der Waals surface area contributed by atoms with Gasteiger partial charge in [0.2, 0.25) is 0 Å². The van der Waals surface area contributed by atoms with Gasteiger partial charge >= 0.3 is 0 Å². The SMILES string of the molecule is CC(Br)CC1OCCCO1. The highest BCUT2D eigenvalue weighted by Crippen LogP contribution is 2.14. The molecule has 2 nitrogen and oxygen atoms in total. The highest BCUT2D eigenvalue weighted by atomic mass is 79.9. The maximum atomic E-state index is 5.34. The van der Waals surface area contributed by atoms with Crippen molar-refractivity contribution >= 4 is 15.9 Å². The molecule has 0 aromatic heterocycles. The minimum absolute atomic E-state index is 0.0307. The van der Waals surface area contributed by atoms with Crippen molar-refractivity contribution in [3.05, 3.63) is 0 Å². The summed E-state index contributed by atoms with van der Waals surface area (Å²) in [6.07, 6.45) is 2.01. The third-order valence-electron chi connectivity index (χ3n) is 1.41. The fourth-order valence-corrected chi connectivity index (χ4v) is 1.24. The summed E-state index contributed by atoms with van der Waals surface area (Å²) in [5, 5.41) is 0. The van der Waals surface area contributed by atoms with Crippen molar-refractivity contribution in [2.45, 2.75) is 30.9 Å². The minimum Gasteiger partial charge on any atom is -0.353 e. The molecule has 1 fully saturated rings. The first-order chi connectivity index (χ1) is 4.79. The second kappa shape index (κ2) is 4.31. The van der Waals surface area contributed by atoms with E-state index < -0.39 is 0 Å². The van der Waals surface area contributed by atoms with E-state index in [1.807, 2.05) is 0 Å². The van der Waals surface area contributed by atoms with Gasteiger partial charge in [-0.2, -0.15) is 0 Å². The molecule has 0 spiro atoms.